The Morgan fingerprint density at radius 3 is 2.07 bits per heavy atom. The second kappa shape index (κ2) is 28.2. The van der Waals surface area contributed by atoms with E-state index in [0.29, 0.717) is 97.0 Å². The number of anilines is 3. The summed E-state index contributed by atoms with van der Waals surface area (Å²) in [5.41, 5.74) is 0.292. The van der Waals surface area contributed by atoms with E-state index in [4.69, 9.17) is 30.8 Å². The summed E-state index contributed by atoms with van der Waals surface area (Å²) in [5, 5.41) is 5.46. The largest absolute Gasteiger partial charge is 0.493 e. The van der Waals surface area contributed by atoms with Crippen molar-refractivity contribution in [1.29, 1.82) is 0 Å². The Hall–Kier alpha value is -7.70. The number of pyridine rings is 4. The lowest BCUT2D eigenvalue weighted by Crippen LogP contribution is -2.45. The summed E-state index contributed by atoms with van der Waals surface area (Å²) in [5.74, 6) is 0.163. The Balaban J connectivity index is 0.000000236. The maximum Gasteiger partial charge on any atom is 0.410 e. The van der Waals surface area contributed by atoms with Gasteiger partial charge in [-0.2, -0.15) is 16.8 Å². The lowest BCUT2D eigenvalue weighted by Gasteiger charge is -2.34. The highest BCUT2D eigenvalue weighted by Gasteiger charge is 2.43. The first kappa shape index (κ1) is 68.2. The van der Waals surface area contributed by atoms with E-state index in [9.17, 15) is 40.0 Å². The number of benzene rings is 2. The maximum atomic E-state index is 14.6. The van der Waals surface area contributed by atoms with Gasteiger partial charge in [0, 0.05) is 60.5 Å². The molecule has 484 valence electrons. The van der Waals surface area contributed by atoms with Gasteiger partial charge in [0.05, 0.1) is 35.7 Å². The molecule has 0 saturated carbocycles. The van der Waals surface area contributed by atoms with Crippen LogP contribution in [0.3, 0.4) is 0 Å². The molecule has 4 bridgehead atoms. The van der Waals surface area contributed by atoms with Gasteiger partial charge < -0.3 is 34.6 Å². The van der Waals surface area contributed by atoms with Crippen LogP contribution in [-0.4, -0.2) is 116 Å². The SMILES string of the molecule is CC(C)COc1cc(F)cc(-c2ccc(C(=O)NS(=O)(=O)c3cccc(NCCC[C@@H]4CN(C(=O)OC(C)(C)C)C(C)(C)C4)n3)c(Cl)n2)c1.CC(C)COc1cc(F)cc(-c2ccc3c(n2)N2C[C@@H](CCCNc4cccc(n4)S(=O)(=O)NC3=O)CC2(C)C)c1. The number of fused-ring (bicyclic) bond motifs is 6. The number of rotatable bonds is 16. The van der Waals surface area contributed by atoms with Crippen LogP contribution < -0.4 is 34.5 Å². The minimum Gasteiger partial charge on any atom is -0.493 e. The van der Waals surface area contributed by atoms with Crippen molar-refractivity contribution in [3.05, 3.63) is 125 Å². The summed E-state index contributed by atoms with van der Waals surface area (Å²) in [6.07, 6.45) is 4.83. The summed E-state index contributed by atoms with van der Waals surface area (Å²) in [4.78, 5) is 60.6. The first-order chi connectivity index (χ1) is 42.2. The number of halogens is 3. The van der Waals surface area contributed by atoms with Gasteiger partial charge >= 0.3 is 6.09 Å². The molecular weight excluding hydrogens is 1220 g/mol. The number of nitrogens with zero attached hydrogens (tertiary/aromatic N) is 6. The highest BCUT2D eigenvalue weighted by molar-refractivity contribution is 7.90. The Kier molecular flexibility index (Phi) is 21.4. The molecule has 0 spiro atoms. The second-order valence-corrected chi connectivity index (χ2v) is 29.7. The van der Waals surface area contributed by atoms with Crippen LogP contribution in [0, 0.1) is 35.3 Å². The fourth-order valence-corrected chi connectivity index (χ4v) is 13.2. The number of ether oxygens (including phenoxy) is 3. The highest BCUT2D eigenvalue weighted by Crippen LogP contribution is 2.41. The number of carbonyl (C=O) groups is 3. The third-order valence-corrected chi connectivity index (χ3v) is 17.9. The highest BCUT2D eigenvalue weighted by atomic mass is 35.5. The number of likely N-dealkylation sites (tertiary alicyclic amines) is 1. The maximum absolute atomic E-state index is 14.6. The van der Waals surface area contributed by atoms with Crippen molar-refractivity contribution >= 4 is 67.0 Å². The zero-order valence-corrected chi connectivity index (χ0v) is 55.1. The number of carbonyl (C=O) groups excluding carboxylic acids is 3. The Labute approximate surface area is 531 Å². The number of aromatic nitrogens is 4. The zero-order chi connectivity index (χ0) is 65.5. The Morgan fingerprint density at radius 1 is 0.800 bits per heavy atom. The van der Waals surface area contributed by atoms with Gasteiger partial charge in [0.1, 0.15) is 51.3 Å². The van der Waals surface area contributed by atoms with Gasteiger partial charge in [-0.15, -0.1) is 0 Å². The van der Waals surface area contributed by atoms with Crippen LogP contribution in [-0.2, 0) is 24.8 Å². The Morgan fingerprint density at radius 2 is 1.43 bits per heavy atom. The molecule has 7 heterocycles. The first-order valence-electron chi connectivity index (χ1n) is 30.1. The minimum absolute atomic E-state index is 0.114. The lowest BCUT2D eigenvalue weighted by molar-refractivity contribution is 0.0130. The average molecular weight is 1300 g/mol. The molecule has 3 aliphatic rings. The van der Waals surface area contributed by atoms with Gasteiger partial charge in [-0.05, 0) is 183 Å². The predicted octanol–water partition coefficient (Wildman–Crippen LogP) is 12.6. The van der Waals surface area contributed by atoms with Crippen LogP contribution in [0.1, 0.15) is 135 Å². The van der Waals surface area contributed by atoms with E-state index in [1.165, 1.54) is 54.6 Å². The van der Waals surface area contributed by atoms with Gasteiger partial charge in [0.2, 0.25) is 0 Å². The lowest BCUT2D eigenvalue weighted by atomic mass is 9.93. The summed E-state index contributed by atoms with van der Waals surface area (Å²) in [7, 11) is -8.63. The molecule has 3 amide bonds. The predicted molar refractivity (Wildman–Crippen MR) is 343 cm³/mol. The number of nitrogens with one attached hydrogen (secondary N) is 4. The molecule has 90 heavy (non-hydrogen) atoms. The number of amides is 3. The van der Waals surface area contributed by atoms with Crippen molar-refractivity contribution < 1.29 is 54.2 Å². The summed E-state index contributed by atoms with van der Waals surface area (Å²) >= 11 is 6.30. The molecule has 0 radical (unpaired) electrons. The molecule has 4 N–H and O–H groups in total. The van der Waals surface area contributed by atoms with E-state index in [0.717, 1.165) is 38.5 Å². The monoisotopic (exact) mass is 1300 g/mol. The number of hydrogen-bond donors (Lipinski definition) is 4. The van der Waals surface area contributed by atoms with E-state index >= 15 is 0 Å². The smallest absolute Gasteiger partial charge is 0.410 e. The van der Waals surface area contributed by atoms with Gasteiger partial charge in [-0.3, -0.25) is 9.59 Å². The molecule has 3 aliphatic heterocycles. The molecule has 25 heteroatoms. The third kappa shape index (κ3) is 18.0. The molecule has 4 aromatic heterocycles. The van der Waals surface area contributed by atoms with Gasteiger partial charge in [-0.25, -0.2) is 43.0 Å². The number of sulfonamides is 2. The van der Waals surface area contributed by atoms with E-state index in [1.807, 2.05) is 67.0 Å². The van der Waals surface area contributed by atoms with Gasteiger partial charge in [0.25, 0.3) is 31.9 Å². The van der Waals surface area contributed by atoms with E-state index in [-0.39, 0.29) is 61.0 Å². The number of hydrogen-bond acceptors (Lipinski definition) is 17. The molecular formula is C65H81ClF2N10O10S2. The van der Waals surface area contributed by atoms with E-state index < -0.39 is 49.1 Å². The molecule has 2 atom stereocenters. The van der Waals surface area contributed by atoms with Crippen molar-refractivity contribution in [3.8, 4) is 34.0 Å². The van der Waals surface area contributed by atoms with Crippen molar-refractivity contribution in [2.24, 2.45) is 23.7 Å². The van der Waals surface area contributed by atoms with Crippen LogP contribution in [0.4, 0.5) is 31.0 Å². The topological polar surface area (TPSA) is 253 Å². The average Bonchev–Trinajstić information content (AvgIpc) is 1.90. The minimum atomic E-state index is -4.37. The van der Waals surface area contributed by atoms with Gasteiger partial charge in [-0.1, -0.05) is 51.4 Å². The third-order valence-electron chi connectivity index (χ3n) is 15.1. The fourth-order valence-electron chi connectivity index (χ4n) is 11.0. The standard InChI is InChI=1S/C35H45ClFN5O6S.C30H36FN5O4S/c1-22(2)21-47-26-17-24(16-25(37)18-26)28-14-13-27(31(36)39-28)32(43)41-49(45,46)30-12-8-11-29(40-30)38-15-9-10-23-19-35(6,7)42(20-23)33(44)48-34(3,4)5;1-19(2)18-40-23-14-21(13-22(31)15-23)25-11-10-24-28(33-25)36-17-20(16-30(36,3)4)7-6-12-32-26-8-5-9-27(34-26)41(38,39)35-29(24)37/h8,11-14,16-18,22-23H,9-10,15,19-21H2,1-7H3,(H,38,40)(H,41,43);5,8-11,13-15,19-20H,6-7,12,16-18H2,1-4H3,(H,32,34)(H,35,37)/t23-;20-/m00/s1. The normalized spacial score (nSPS) is 17.8. The zero-order valence-electron chi connectivity index (χ0n) is 52.7. The second-order valence-electron chi connectivity index (χ2n) is 26.1. The molecule has 20 nitrogen and oxygen atoms in total. The molecule has 0 aliphatic carbocycles. The summed E-state index contributed by atoms with van der Waals surface area (Å²) < 4.78 is 103. The fraction of sp³-hybridized carbons (Fsp3) is 0.462. The molecule has 2 saturated heterocycles. The van der Waals surface area contributed by atoms with Crippen molar-refractivity contribution in [3.63, 3.8) is 0 Å². The van der Waals surface area contributed by atoms with Crippen LogP contribution in [0.5, 0.6) is 11.5 Å². The van der Waals surface area contributed by atoms with Crippen molar-refractivity contribution in [2.75, 3.05) is 54.9 Å². The van der Waals surface area contributed by atoms with E-state index in [1.54, 1.807) is 47.4 Å². The van der Waals surface area contributed by atoms with Crippen molar-refractivity contribution in [1.82, 2.24) is 34.3 Å². The van der Waals surface area contributed by atoms with Gasteiger partial charge in [0.15, 0.2) is 10.1 Å². The summed E-state index contributed by atoms with van der Waals surface area (Å²) in [6, 6.07) is 23.5. The van der Waals surface area contributed by atoms with Crippen molar-refractivity contribution in [2.45, 2.75) is 141 Å². The summed E-state index contributed by atoms with van der Waals surface area (Å²) in [6.45, 7) is 25.0. The molecule has 9 rings (SSSR count). The van der Waals surface area contributed by atoms with Crippen LogP contribution >= 0.6 is 11.6 Å². The van der Waals surface area contributed by atoms with Crippen LogP contribution in [0.2, 0.25) is 5.15 Å². The molecule has 6 aromatic rings. The molecule has 2 aromatic carbocycles. The van der Waals surface area contributed by atoms with Crippen LogP contribution in [0.25, 0.3) is 22.5 Å². The Bertz CT molecular complexity index is 3830. The van der Waals surface area contributed by atoms with Crippen LogP contribution in [0.15, 0.2) is 107 Å². The molecule has 2 fully saturated rings. The molecule has 0 unspecified atom stereocenters. The first-order valence-corrected chi connectivity index (χ1v) is 33.5. The quantitative estimate of drug-likeness (QED) is 0.0519. The van der Waals surface area contributed by atoms with E-state index in [2.05, 4.69) is 49.1 Å².